The SMILES string of the molecule is O=C(CCC1CCSCC1)OCc1cccc(C(F)(F)F)c1. The van der Waals surface area contributed by atoms with E-state index in [1.54, 1.807) is 0 Å². The molecule has 1 heterocycles. The zero-order valence-electron chi connectivity index (χ0n) is 12.2. The zero-order chi connectivity index (χ0) is 16.0. The molecule has 1 aromatic carbocycles. The van der Waals surface area contributed by atoms with Gasteiger partial charge in [0.25, 0.3) is 0 Å². The average molecular weight is 332 g/mol. The molecule has 1 aliphatic rings. The second-order valence-electron chi connectivity index (χ2n) is 5.45. The Balaban J connectivity index is 1.76. The normalized spacial score (nSPS) is 16.5. The summed E-state index contributed by atoms with van der Waals surface area (Å²) in [5.41, 5.74) is -0.363. The lowest BCUT2D eigenvalue weighted by atomic mass is 9.97. The molecule has 0 bridgehead atoms. The van der Waals surface area contributed by atoms with Crippen LogP contribution in [0.5, 0.6) is 0 Å². The van der Waals surface area contributed by atoms with Gasteiger partial charge in [-0.3, -0.25) is 4.79 Å². The van der Waals surface area contributed by atoms with Crippen LogP contribution in [-0.4, -0.2) is 17.5 Å². The smallest absolute Gasteiger partial charge is 0.416 e. The van der Waals surface area contributed by atoms with Crippen LogP contribution >= 0.6 is 11.8 Å². The summed E-state index contributed by atoms with van der Waals surface area (Å²) in [6.07, 6.45) is -0.966. The molecule has 2 nitrogen and oxygen atoms in total. The van der Waals surface area contributed by atoms with Gasteiger partial charge in [0.05, 0.1) is 5.56 Å². The third-order valence-corrected chi connectivity index (χ3v) is 4.80. The maximum Gasteiger partial charge on any atom is 0.416 e. The Morgan fingerprint density at radius 1 is 1.27 bits per heavy atom. The van der Waals surface area contributed by atoms with Gasteiger partial charge >= 0.3 is 12.1 Å². The molecule has 1 aromatic rings. The zero-order valence-corrected chi connectivity index (χ0v) is 13.0. The Bertz CT molecular complexity index is 496. The molecule has 122 valence electrons. The molecular formula is C16H19F3O2S. The highest BCUT2D eigenvalue weighted by Gasteiger charge is 2.30. The van der Waals surface area contributed by atoms with Gasteiger partial charge in [0, 0.05) is 6.42 Å². The second-order valence-corrected chi connectivity index (χ2v) is 6.68. The van der Waals surface area contributed by atoms with E-state index in [2.05, 4.69) is 0 Å². The van der Waals surface area contributed by atoms with Gasteiger partial charge in [-0.15, -0.1) is 0 Å². The number of ether oxygens (including phenoxy) is 1. The van der Waals surface area contributed by atoms with Crippen molar-refractivity contribution in [2.24, 2.45) is 5.92 Å². The first-order valence-electron chi connectivity index (χ1n) is 7.34. The third kappa shape index (κ3) is 5.55. The van der Waals surface area contributed by atoms with E-state index in [0.717, 1.165) is 42.9 Å². The van der Waals surface area contributed by atoms with Crippen molar-refractivity contribution in [1.29, 1.82) is 0 Å². The molecular weight excluding hydrogens is 313 g/mol. The van der Waals surface area contributed by atoms with Gasteiger partial charge in [-0.1, -0.05) is 12.1 Å². The molecule has 1 saturated heterocycles. The Morgan fingerprint density at radius 3 is 2.68 bits per heavy atom. The van der Waals surface area contributed by atoms with E-state index in [-0.39, 0.29) is 12.6 Å². The van der Waals surface area contributed by atoms with Crippen molar-refractivity contribution in [2.45, 2.75) is 38.5 Å². The van der Waals surface area contributed by atoms with Crippen LogP contribution in [0.2, 0.25) is 0 Å². The summed E-state index contributed by atoms with van der Waals surface area (Å²) in [4.78, 5) is 11.7. The molecule has 0 N–H and O–H groups in total. The number of benzene rings is 1. The first kappa shape index (κ1) is 17.2. The first-order valence-corrected chi connectivity index (χ1v) is 8.50. The number of alkyl halides is 3. The Morgan fingerprint density at radius 2 is 2.00 bits per heavy atom. The van der Waals surface area contributed by atoms with E-state index < -0.39 is 11.7 Å². The largest absolute Gasteiger partial charge is 0.461 e. The van der Waals surface area contributed by atoms with E-state index in [1.807, 2.05) is 11.8 Å². The molecule has 1 aliphatic heterocycles. The summed E-state index contributed by atoms with van der Waals surface area (Å²) in [7, 11) is 0. The van der Waals surface area contributed by atoms with Crippen LogP contribution in [0.15, 0.2) is 24.3 Å². The predicted molar refractivity (Wildman–Crippen MR) is 80.5 cm³/mol. The second kappa shape index (κ2) is 7.90. The van der Waals surface area contributed by atoms with Crippen LogP contribution in [0, 0.1) is 5.92 Å². The van der Waals surface area contributed by atoms with Crippen molar-refractivity contribution in [3.8, 4) is 0 Å². The van der Waals surface area contributed by atoms with E-state index >= 15 is 0 Å². The minimum Gasteiger partial charge on any atom is -0.461 e. The Labute approximate surface area is 132 Å². The fourth-order valence-corrected chi connectivity index (χ4v) is 3.63. The van der Waals surface area contributed by atoms with E-state index in [9.17, 15) is 18.0 Å². The van der Waals surface area contributed by atoms with Crippen molar-refractivity contribution < 1.29 is 22.7 Å². The number of hydrogen-bond acceptors (Lipinski definition) is 3. The molecule has 0 aromatic heterocycles. The van der Waals surface area contributed by atoms with E-state index in [1.165, 1.54) is 12.1 Å². The van der Waals surface area contributed by atoms with Gasteiger partial charge in [-0.2, -0.15) is 24.9 Å². The number of rotatable bonds is 5. The van der Waals surface area contributed by atoms with E-state index in [4.69, 9.17) is 4.74 Å². The summed E-state index contributed by atoms with van der Waals surface area (Å²) < 4.78 is 42.8. The molecule has 6 heteroatoms. The average Bonchev–Trinajstić information content (AvgIpc) is 2.51. The third-order valence-electron chi connectivity index (χ3n) is 3.75. The van der Waals surface area contributed by atoms with Gasteiger partial charge < -0.3 is 4.74 Å². The van der Waals surface area contributed by atoms with Gasteiger partial charge in [0.15, 0.2) is 0 Å². The molecule has 0 radical (unpaired) electrons. The highest BCUT2D eigenvalue weighted by molar-refractivity contribution is 7.99. The molecule has 0 saturated carbocycles. The summed E-state index contributed by atoms with van der Waals surface area (Å²) in [5, 5.41) is 0. The lowest BCUT2D eigenvalue weighted by molar-refractivity contribution is -0.145. The van der Waals surface area contributed by atoms with Crippen LogP contribution in [-0.2, 0) is 22.3 Å². The molecule has 0 spiro atoms. The summed E-state index contributed by atoms with van der Waals surface area (Å²) in [5.74, 6) is 2.52. The molecule has 0 unspecified atom stereocenters. The summed E-state index contributed by atoms with van der Waals surface area (Å²) in [6.45, 7) is -0.108. The minimum absolute atomic E-state index is 0.108. The number of carbonyl (C=O) groups is 1. The van der Waals surface area contributed by atoms with Gasteiger partial charge in [0.2, 0.25) is 0 Å². The monoisotopic (exact) mass is 332 g/mol. The fourth-order valence-electron chi connectivity index (χ4n) is 2.43. The Hall–Kier alpha value is -1.17. The number of thioether (sulfide) groups is 1. The molecule has 22 heavy (non-hydrogen) atoms. The van der Waals surface area contributed by atoms with Crippen molar-refractivity contribution in [3.63, 3.8) is 0 Å². The van der Waals surface area contributed by atoms with Gasteiger partial charge in [0.1, 0.15) is 6.61 Å². The van der Waals surface area contributed by atoms with Crippen molar-refractivity contribution >= 4 is 17.7 Å². The quantitative estimate of drug-likeness (QED) is 0.733. The van der Waals surface area contributed by atoms with Crippen LogP contribution in [0.3, 0.4) is 0 Å². The van der Waals surface area contributed by atoms with Crippen LogP contribution in [0.4, 0.5) is 13.2 Å². The molecule has 1 fully saturated rings. The molecule has 2 rings (SSSR count). The summed E-state index contributed by atoms with van der Waals surface area (Å²) >= 11 is 1.94. The number of hydrogen-bond donors (Lipinski definition) is 0. The minimum atomic E-state index is -4.38. The fraction of sp³-hybridized carbons (Fsp3) is 0.562. The van der Waals surface area contributed by atoms with Gasteiger partial charge in [-0.05, 0) is 54.4 Å². The highest BCUT2D eigenvalue weighted by atomic mass is 32.2. The topological polar surface area (TPSA) is 26.3 Å². The standard InChI is InChI=1S/C16H19F3O2S/c17-16(18,19)14-3-1-2-13(10-14)11-21-15(20)5-4-12-6-8-22-9-7-12/h1-3,10,12H,4-9,11H2. The van der Waals surface area contributed by atoms with Crippen molar-refractivity contribution in [2.75, 3.05) is 11.5 Å². The Kier molecular flexibility index (Phi) is 6.17. The first-order chi connectivity index (χ1) is 10.4. The van der Waals surface area contributed by atoms with E-state index in [0.29, 0.717) is 17.9 Å². The lowest BCUT2D eigenvalue weighted by Crippen LogP contribution is -2.13. The van der Waals surface area contributed by atoms with Crippen LogP contribution < -0.4 is 0 Å². The molecule has 0 aliphatic carbocycles. The molecule has 0 atom stereocenters. The van der Waals surface area contributed by atoms with Crippen LogP contribution in [0.25, 0.3) is 0 Å². The number of carbonyl (C=O) groups excluding carboxylic acids is 1. The summed E-state index contributed by atoms with van der Waals surface area (Å²) in [6, 6.07) is 4.88. The predicted octanol–water partition coefficient (Wildman–Crippen LogP) is 4.67. The van der Waals surface area contributed by atoms with Gasteiger partial charge in [-0.25, -0.2) is 0 Å². The number of halogens is 3. The number of esters is 1. The maximum absolute atomic E-state index is 12.6. The highest BCUT2D eigenvalue weighted by Crippen LogP contribution is 2.30. The van der Waals surface area contributed by atoms with Crippen molar-refractivity contribution in [1.82, 2.24) is 0 Å². The van der Waals surface area contributed by atoms with Crippen LogP contribution in [0.1, 0.15) is 36.8 Å². The maximum atomic E-state index is 12.6. The molecule has 0 amide bonds. The van der Waals surface area contributed by atoms with Crippen molar-refractivity contribution in [3.05, 3.63) is 35.4 Å². The lowest BCUT2D eigenvalue weighted by Gasteiger charge is -2.20.